The first-order chi connectivity index (χ1) is 12.2. The highest BCUT2D eigenvalue weighted by atomic mass is 16.6. The second kappa shape index (κ2) is 8.06. The summed E-state index contributed by atoms with van der Waals surface area (Å²) in [7, 11) is 3.03. The summed E-state index contributed by atoms with van der Waals surface area (Å²) in [5.74, 6) is 2.52. The van der Waals surface area contributed by atoms with Crippen LogP contribution in [0.5, 0.6) is 17.2 Å². The van der Waals surface area contributed by atoms with E-state index in [0.29, 0.717) is 13.2 Å². The summed E-state index contributed by atoms with van der Waals surface area (Å²) >= 11 is 0. The van der Waals surface area contributed by atoms with Crippen molar-refractivity contribution in [2.24, 2.45) is 0 Å². The average Bonchev–Trinajstić information content (AvgIpc) is 2.64. The van der Waals surface area contributed by atoms with Gasteiger partial charge in [-0.15, -0.1) is 0 Å². The molecule has 3 rings (SSSR count). The third-order valence-electron chi connectivity index (χ3n) is 4.17. The maximum atomic E-state index is 5.91. The number of benzene rings is 2. The molecule has 0 amide bonds. The largest absolute Gasteiger partial charge is 0.489 e. The second-order valence-corrected chi connectivity index (χ2v) is 6.09. The molecule has 0 fully saturated rings. The van der Waals surface area contributed by atoms with Crippen LogP contribution in [-0.4, -0.2) is 34.4 Å². The molecule has 0 aliphatic carbocycles. The summed E-state index contributed by atoms with van der Waals surface area (Å²) < 4.78 is 17.4. The van der Waals surface area contributed by atoms with Gasteiger partial charge in [-0.1, -0.05) is 30.9 Å². The van der Waals surface area contributed by atoms with E-state index in [1.54, 1.807) is 6.08 Å². The van der Waals surface area contributed by atoms with Gasteiger partial charge in [-0.2, -0.15) is 0 Å². The van der Waals surface area contributed by atoms with Crippen LogP contribution in [-0.2, 0) is 6.54 Å². The van der Waals surface area contributed by atoms with Gasteiger partial charge in [-0.25, -0.2) is 0 Å². The summed E-state index contributed by atoms with van der Waals surface area (Å²) in [6.07, 6.45) is 1.84. The van der Waals surface area contributed by atoms with Crippen molar-refractivity contribution in [1.29, 1.82) is 0 Å². The third kappa shape index (κ3) is 4.13. The molecule has 0 spiro atoms. The van der Waals surface area contributed by atoms with Crippen molar-refractivity contribution in [2.75, 3.05) is 18.0 Å². The summed E-state index contributed by atoms with van der Waals surface area (Å²) in [6.45, 7) is 7.59. The molecule has 2 aromatic carbocycles. The number of nitrogens with zero attached hydrogens (tertiary/aromatic N) is 1. The fraction of sp³-hybridized carbons (Fsp3) is 0.263. The van der Waals surface area contributed by atoms with Gasteiger partial charge in [0, 0.05) is 23.9 Å². The Morgan fingerprint density at radius 1 is 1.32 bits per heavy atom. The Morgan fingerprint density at radius 2 is 2.16 bits per heavy atom. The molecule has 0 saturated carbocycles. The third-order valence-corrected chi connectivity index (χ3v) is 4.17. The molecule has 0 N–H and O–H groups in total. The van der Waals surface area contributed by atoms with Crippen molar-refractivity contribution in [1.82, 2.24) is 0 Å². The molecule has 0 bridgehead atoms. The minimum atomic E-state index is 0.0749. The molecule has 1 aliphatic heterocycles. The molecule has 1 unspecified atom stereocenters. The van der Waals surface area contributed by atoms with Crippen molar-refractivity contribution in [2.45, 2.75) is 19.6 Å². The van der Waals surface area contributed by atoms with Crippen LogP contribution in [0.3, 0.4) is 0 Å². The van der Waals surface area contributed by atoms with E-state index in [9.17, 15) is 0 Å². The fourth-order valence-electron chi connectivity index (χ4n) is 2.88. The van der Waals surface area contributed by atoms with Gasteiger partial charge >= 0.3 is 0 Å². The lowest BCUT2D eigenvalue weighted by Gasteiger charge is -2.28. The monoisotopic (exact) mass is 335 g/mol. The van der Waals surface area contributed by atoms with Crippen LogP contribution in [0.2, 0.25) is 0 Å². The van der Waals surface area contributed by atoms with E-state index in [2.05, 4.69) is 37.3 Å². The minimum Gasteiger partial charge on any atom is -0.489 e. The number of hydrogen-bond donors (Lipinski definition) is 0. The lowest BCUT2D eigenvalue weighted by molar-refractivity contribution is 0.104. The fourth-order valence-corrected chi connectivity index (χ4v) is 2.88. The van der Waals surface area contributed by atoms with Crippen molar-refractivity contribution in [3.63, 3.8) is 0 Å². The molecule has 6 heteroatoms. The summed E-state index contributed by atoms with van der Waals surface area (Å²) in [4.78, 5) is 2.29. The maximum Gasteiger partial charge on any atom is 0.192 e. The normalized spacial score (nSPS) is 15.3. The molecule has 25 heavy (non-hydrogen) atoms. The highest BCUT2D eigenvalue weighted by Crippen LogP contribution is 2.35. The molecule has 1 aliphatic rings. The number of rotatable bonds is 7. The molecule has 0 saturated heterocycles. The SMILES string of the molecule is BBN(Cc1ccccc1OCC=C)c1ccc2c(c1)OC(C)CO2. The van der Waals surface area contributed by atoms with Crippen LogP contribution >= 0.6 is 0 Å². The lowest BCUT2D eigenvalue weighted by atomic mass is 9.64. The quantitative estimate of drug-likeness (QED) is 0.574. The Kier molecular flexibility index (Phi) is 5.59. The molecule has 128 valence electrons. The van der Waals surface area contributed by atoms with Crippen molar-refractivity contribution in [3.8, 4) is 17.2 Å². The average molecular weight is 335 g/mol. The number of anilines is 1. The van der Waals surface area contributed by atoms with E-state index in [0.717, 1.165) is 42.3 Å². The van der Waals surface area contributed by atoms with Crippen LogP contribution in [0.1, 0.15) is 12.5 Å². The topological polar surface area (TPSA) is 30.9 Å². The van der Waals surface area contributed by atoms with E-state index < -0.39 is 0 Å². The smallest absolute Gasteiger partial charge is 0.192 e. The number of fused-ring (bicyclic) bond motifs is 1. The van der Waals surface area contributed by atoms with Gasteiger partial charge in [0.15, 0.2) is 18.8 Å². The van der Waals surface area contributed by atoms with Crippen molar-refractivity contribution in [3.05, 3.63) is 60.7 Å². The maximum absolute atomic E-state index is 5.91. The molecule has 4 nitrogen and oxygen atoms in total. The highest BCUT2D eigenvalue weighted by molar-refractivity contribution is 6.91. The minimum absolute atomic E-state index is 0.0749. The Labute approximate surface area is 151 Å². The van der Waals surface area contributed by atoms with Gasteiger partial charge < -0.3 is 19.0 Å². The number of para-hydroxylation sites is 1. The predicted octanol–water partition coefficient (Wildman–Crippen LogP) is 2.32. The van der Waals surface area contributed by atoms with Gasteiger partial charge in [0.1, 0.15) is 25.1 Å². The van der Waals surface area contributed by atoms with Crippen LogP contribution in [0.25, 0.3) is 0 Å². The van der Waals surface area contributed by atoms with Crippen LogP contribution in [0.4, 0.5) is 5.69 Å². The van der Waals surface area contributed by atoms with Gasteiger partial charge in [-0.05, 0) is 25.1 Å². The van der Waals surface area contributed by atoms with Crippen LogP contribution in [0.15, 0.2) is 55.1 Å². The van der Waals surface area contributed by atoms with Crippen LogP contribution < -0.4 is 19.0 Å². The first-order valence-corrected chi connectivity index (χ1v) is 8.71. The van der Waals surface area contributed by atoms with Gasteiger partial charge in [0.05, 0.1) is 7.74 Å². The van der Waals surface area contributed by atoms with E-state index in [1.165, 1.54) is 0 Å². The number of hydrogen-bond acceptors (Lipinski definition) is 4. The van der Waals surface area contributed by atoms with Crippen LogP contribution in [0, 0.1) is 0 Å². The number of ether oxygens (including phenoxy) is 3. The Hall–Kier alpha value is -2.49. The zero-order valence-electron chi connectivity index (χ0n) is 14.9. The second-order valence-electron chi connectivity index (χ2n) is 6.09. The summed E-state index contributed by atoms with van der Waals surface area (Å²) in [5, 5.41) is 0. The summed E-state index contributed by atoms with van der Waals surface area (Å²) in [6, 6.07) is 14.2. The molecule has 0 aromatic heterocycles. The van der Waals surface area contributed by atoms with E-state index in [4.69, 9.17) is 14.2 Å². The van der Waals surface area contributed by atoms with E-state index in [-0.39, 0.29) is 6.10 Å². The van der Waals surface area contributed by atoms with E-state index >= 15 is 0 Å². The Morgan fingerprint density at radius 3 is 2.96 bits per heavy atom. The first-order valence-electron chi connectivity index (χ1n) is 8.71. The van der Waals surface area contributed by atoms with Gasteiger partial charge in [0.25, 0.3) is 0 Å². The standard InChI is InChI=1S/C19H23B2NO3/c1-3-10-23-17-7-5-4-6-15(17)12-22(21-20)16-8-9-18-19(11-16)25-14(2)13-24-18/h3-9,11,14,21H,1,10,12-13,20H2,2H3. The van der Waals surface area contributed by atoms with Crippen molar-refractivity contribution < 1.29 is 14.2 Å². The summed E-state index contributed by atoms with van der Waals surface area (Å²) in [5.41, 5.74) is 2.26. The van der Waals surface area contributed by atoms with E-state index in [1.807, 2.05) is 31.2 Å². The predicted molar refractivity (Wildman–Crippen MR) is 106 cm³/mol. The molecule has 1 heterocycles. The Bertz CT molecular complexity index is 738. The highest BCUT2D eigenvalue weighted by Gasteiger charge is 2.19. The van der Waals surface area contributed by atoms with Gasteiger partial charge in [0.2, 0.25) is 0 Å². The molecule has 1 atom stereocenters. The molecule has 2 aromatic rings. The lowest BCUT2D eigenvalue weighted by Crippen LogP contribution is -2.29. The molecular formula is C19H23B2NO3. The zero-order chi connectivity index (χ0) is 17.6. The zero-order valence-corrected chi connectivity index (χ0v) is 14.9. The Balaban J connectivity index is 1.82. The molecular weight excluding hydrogens is 312 g/mol. The first kappa shape index (κ1) is 17.3. The van der Waals surface area contributed by atoms with Gasteiger partial charge in [-0.3, -0.25) is 0 Å². The van der Waals surface area contributed by atoms with Crippen molar-refractivity contribution >= 4 is 20.7 Å². The molecule has 0 radical (unpaired) electrons.